The summed E-state index contributed by atoms with van der Waals surface area (Å²) in [5, 5.41) is 0. The summed E-state index contributed by atoms with van der Waals surface area (Å²) in [7, 11) is 0. The molecular weight excluding hydrogens is 620 g/mol. The number of esters is 2. The molecule has 0 amide bonds. The van der Waals surface area contributed by atoms with Gasteiger partial charge in [0.05, 0.1) is 0 Å². The number of carbonyl (C=O) groups is 2. The van der Waals surface area contributed by atoms with Crippen molar-refractivity contribution in [2.75, 3.05) is 0 Å². The summed E-state index contributed by atoms with van der Waals surface area (Å²) in [5.41, 5.74) is 0. The van der Waals surface area contributed by atoms with E-state index in [9.17, 15) is 9.59 Å². The zero-order valence-electron chi connectivity index (χ0n) is 25.1. The molecule has 0 saturated heterocycles. The Balaban J connectivity index is 1.52. The molecule has 0 bridgehead atoms. The van der Waals surface area contributed by atoms with Crippen molar-refractivity contribution < 1.29 is 53.2 Å². The minimum atomic E-state index is -5.18. The van der Waals surface area contributed by atoms with E-state index in [1.54, 1.807) is 36.5 Å². The van der Waals surface area contributed by atoms with Gasteiger partial charge in [0.25, 0.3) is 0 Å². The van der Waals surface area contributed by atoms with Crippen LogP contribution in [0.5, 0.6) is 11.5 Å². The van der Waals surface area contributed by atoms with E-state index >= 15 is 17.6 Å². The second kappa shape index (κ2) is 13.6. The monoisotopic (exact) mass is 656 g/mol. The molecule has 4 nitrogen and oxygen atoms in total. The first-order chi connectivity index (χ1) is 21.8. The molecule has 2 aromatic carbocycles. The Morgan fingerprint density at radius 3 is 1.36 bits per heavy atom. The summed E-state index contributed by atoms with van der Waals surface area (Å²) >= 11 is -5.18. The molecule has 0 aliphatic heterocycles. The fourth-order valence-electron chi connectivity index (χ4n) is 7.40. The van der Waals surface area contributed by atoms with E-state index < -0.39 is 82.9 Å². The third-order valence-electron chi connectivity index (χ3n) is 9.67. The van der Waals surface area contributed by atoms with Gasteiger partial charge in [-0.15, -0.1) is 0 Å². The minimum absolute atomic E-state index is 0.229. The van der Waals surface area contributed by atoms with Crippen LogP contribution in [0, 0.1) is 35.1 Å². The van der Waals surface area contributed by atoms with Crippen LogP contribution in [0.1, 0.15) is 77.0 Å². The summed E-state index contributed by atoms with van der Waals surface area (Å²) in [4.78, 5) is 26.1. The fourth-order valence-corrected chi connectivity index (χ4v) is 15.6. The molecule has 236 valence electrons. The zero-order chi connectivity index (χ0) is 31.6. The van der Waals surface area contributed by atoms with Crippen molar-refractivity contribution in [1.82, 2.24) is 0 Å². The normalized spacial score (nSPS) is 19.0. The van der Waals surface area contributed by atoms with Crippen molar-refractivity contribution in [3.63, 3.8) is 0 Å². The average Bonchev–Trinajstić information content (AvgIpc) is 3.80. The summed E-state index contributed by atoms with van der Waals surface area (Å²) in [6.07, 6.45) is 18.7. The van der Waals surface area contributed by atoms with E-state index in [1.807, 2.05) is 0 Å². The molecule has 0 heterocycles. The Bertz CT molecular complexity index is 1490. The van der Waals surface area contributed by atoms with Crippen LogP contribution in [0.15, 0.2) is 68.5 Å². The molecule has 4 aliphatic carbocycles. The molecule has 2 saturated carbocycles. The number of carbonyl (C=O) groups excluding carboxylic acids is 2. The predicted octanol–water partition coefficient (Wildman–Crippen LogP) is 8.01. The van der Waals surface area contributed by atoms with Crippen molar-refractivity contribution in [1.29, 1.82) is 0 Å². The van der Waals surface area contributed by atoms with Gasteiger partial charge in [-0.3, -0.25) is 0 Å². The van der Waals surface area contributed by atoms with Gasteiger partial charge >= 0.3 is 265 Å². The quantitative estimate of drug-likeness (QED) is 0.125. The molecule has 2 aromatic rings. The number of hydrogen-bond acceptors (Lipinski definition) is 4. The summed E-state index contributed by atoms with van der Waals surface area (Å²) in [6, 6.07) is 4.16. The number of allylic oxidation sites excluding steroid dienone is 8. The van der Waals surface area contributed by atoms with Gasteiger partial charge in [-0.2, -0.15) is 0 Å². The number of halogens is 4. The molecule has 45 heavy (non-hydrogen) atoms. The van der Waals surface area contributed by atoms with Gasteiger partial charge in [-0.25, -0.2) is 0 Å². The van der Waals surface area contributed by atoms with Gasteiger partial charge in [0.15, 0.2) is 0 Å². The molecule has 0 N–H and O–H groups in total. The van der Waals surface area contributed by atoms with Crippen molar-refractivity contribution in [2.24, 2.45) is 11.8 Å². The van der Waals surface area contributed by atoms with Gasteiger partial charge in [0.2, 0.25) is 0 Å². The van der Waals surface area contributed by atoms with E-state index in [0.717, 1.165) is 62.8 Å². The van der Waals surface area contributed by atoms with Crippen LogP contribution < -0.4 is 17.2 Å². The van der Waals surface area contributed by atoms with E-state index in [2.05, 4.69) is 0 Å². The van der Waals surface area contributed by atoms with Gasteiger partial charge in [-0.1, -0.05) is 0 Å². The van der Waals surface area contributed by atoms with Crippen molar-refractivity contribution in [3.05, 3.63) is 91.7 Å². The van der Waals surface area contributed by atoms with Crippen LogP contribution in [0.2, 0.25) is 0 Å². The van der Waals surface area contributed by atoms with Gasteiger partial charge in [0.1, 0.15) is 0 Å². The van der Waals surface area contributed by atoms with Gasteiger partial charge < -0.3 is 0 Å². The molecule has 0 spiro atoms. The van der Waals surface area contributed by atoms with E-state index in [4.69, 9.17) is 9.47 Å². The zero-order valence-corrected chi connectivity index (χ0v) is 26.6. The Morgan fingerprint density at radius 2 is 1.00 bits per heavy atom. The van der Waals surface area contributed by atoms with Crippen LogP contribution in [0.4, 0.5) is 17.6 Å². The molecule has 0 radical (unpaired) electrons. The third kappa shape index (κ3) is 6.04. The maximum absolute atomic E-state index is 16.9. The third-order valence-corrected chi connectivity index (χ3v) is 17.6. The average molecular weight is 657 g/mol. The first kappa shape index (κ1) is 31.7. The van der Waals surface area contributed by atoms with Crippen molar-refractivity contribution in [3.8, 4) is 11.5 Å². The Morgan fingerprint density at radius 1 is 0.600 bits per heavy atom. The van der Waals surface area contributed by atoms with Crippen molar-refractivity contribution in [2.45, 2.75) is 77.0 Å². The Hall–Kier alpha value is -3.23. The number of hydrogen-bond donors (Lipinski definition) is 0. The second-order valence-corrected chi connectivity index (χ2v) is 18.3. The van der Waals surface area contributed by atoms with E-state index in [-0.39, 0.29) is 12.8 Å². The first-order valence-electron chi connectivity index (χ1n) is 15.9. The van der Waals surface area contributed by atoms with Crippen LogP contribution in [0.3, 0.4) is 0 Å². The maximum atomic E-state index is 16.9. The molecular formula is C36H36F4O4Ti. The predicted molar refractivity (Wildman–Crippen MR) is 160 cm³/mol. The van der Waals surface area contributed by atoms with Crippen LogP contribution >= 0.6 is 0 Å². The summed E-state index contributed by atoms with van der Waals surface area (Å²) in [6.45, 7) is 0. The van der Waals surface area contributed by atoms with E-state index in [1.165, 1.54) is 0 Å². The number of ether oxygens (including phenoxy) is 2. The summed E-state index contributed by atoms with van der Waals surface area (Å²) in [5.74, 6) is -7.14. The van der Waals surface area contributed by atoms with Crippen LogP contribution in [-0.2, 0) is 26.2 Å². The molecule has 9 heteroatoms. The van der Waals surface area contributed by atoms with Gasteiger partial charge in [0, 0.05) is 0 Å². The standard InChI is InChI=1S/2C13H13F2O2.2C5H5.Ti/c2*14-10-6-7-12(11(15)8-10)17-13(16)9-4-2-1-3-5-9;2*1-2-4-5-3-1;/h2*6-7,9H,1-5H2;2*1-3H,4H2;. The molecule has 2 fully saturated rings. The fraction of sp³-hybridized carbons (Fsp3) is 0.389. The SMILES string of the molecule is O=C(Oc1ccc(F)[c]([Ti]([C]2=CC=CC2)([C]2=CC=CC2)[c]2c(F)ccc(OC(=O)C3CCCCC3)c2F)c1F)C1CCCCC1. The molecule has 0 atom stereocenters. The molecule has 6 rings (SSSR count). The second-order valence-electron chi connectivity index (χ2n) is 12.4. The van der Waals surface area contributed by atoms with Crippen molar-refractivity contribution >= 4 is 19.7 Å². The number of benzene rings is 2. The number of rotatable bonds is 8. The van der Waals surface area contributed by atoms with Crippen LogP contribution in [0.25, 0.3) is 0 Å². The summed E-state index contributed by atoms with van der Waals surface area (Å²) < 4.78 is 77.5. The Kier molecular flexibility index (Phi) is 9.62. The molecule has 4 aliphatic rings. The van der Waals surface area contributed by atoms with Gasteiger partial charge in [-0.05, 0) is 0 Å². The first-order valence-corrected chi connectivity index (χ1v) is 19.1. The molecule has 0 unspecified atom stereocenters. The van der Waals surface area contributed by atoms with Crippen LogP contribution in [-0.4, -0.2) is 11.9 Å². The molecule has 0 aromatic heterocycles. The Labute approximate surface area is 264 Å². The van der Waals surface area contributed by atoms with E-state index in [0.29, 0.717) is 33.4 Å². The topological polar surface area (TPSA) is 52.6 Å².